The van der Waals surface area contributed by atoms with Gasteiger partial charge in [0.2, 0.25) is 0 Å². The van der Waals surface area contributed by atoms with Gasteiger partial charge in [0.25, 0.3) is 5.91 Å². The number of aryl methyl sites for hydroxylation is 2. The average molecular weight is 410 g/mol. The molecule has 2 aromatic heterocycles. The normalized spacial score (nSPS) is 33.3. The second-order valence-electron chi connectivity index (χ2n) is 10.4. The number of nitrogens with two attached hydrogens (primary N) is 1. The van der Waals surface area contributed by atoms with Gasteiger partial charge >= 0.3 is 0 Å². The summed E-state index contributed by atoms with van der Waals surface area (Å²) in [7, 11) is 0. The van der Waals surface area contributed by atoms with E-state index in [1.165, 1.54) is 86.8 Å². The fraction of sp³-hybridized carbons (Fsp3) is 0.667. The van der Waals surface area contributed by atoms with Crippen molar-refractivity contribution in [3.05, 3.63) is 22.2 Å². The van der Waals surface area contributed by atoms with Crippen LogP contribution < -0.4 is 11.1 Å². The number of hydrogen-bond donors (Lipinski definition) is 2. The quantitative estimate of drug-likeness (QED) is 0.713. The Morgan fingerprint density at radius 2 is 1.69 bits per heavy atom. The summed E-state index contributed by atoms with van der Waals surface area (Å²) in [5.41, 5.74) is 9.76. The Morgan fingerprint density at radius 3 is 2.38 bits per heavy atom. The molecule has 2 aromatic rings. The second kappa shape index (κ2) is 6.69. The highest BCUT2D eigenvalue weighted by atomic mass is 32.1. The van der Waals surface area contributed by atoms with Crippen LogP contribution in [0.25, 0.3) is 10.2 Å². The average Bonchev–Trinajstić information content (AvgIpc) is 2.96. The van der Waals surface area contributed by atoms with Gasteiger partial charge in [0.1, 0.15) is 9.71 Å². The molecule has 0 aromatic carbocycles. The monoisotopic (exact) mass is 409 g/mol. The third-order valence-corrected chi connectivity index (χ3v) is 9.24. The van der Waals surface area contributed by atoms with E-state index in [1.807, 2.05) is 0 Å². The van der Waals surface area contributed by atoms with E-state index in [2.05, 4.69) is 11.4 Å². The zero-order valence-electron chi connectivity index (χ0n) is 17.1. The summed E-state index contributed by atoms with van der Waals surface area (Å²) in [6.07, 6.45) is 14.8. The number of anilines is 1. The number of aromatic nitrogens is 1. The van der Waals surface area contributed by atoms with E-state index in [4.69, 9.17) is 10.7 Å². The van der Waals surface area contributed by atoms with Gasteiger partial charge in [-0.25, -0.2) is 4.98 Å². The smallest absolute Gasteiger partial charge is 0.264 e. The lowest BCUT2D eigenvalue weighted by atomic mass is 9.53. The zero-order chi connectivity index (χ0) is 19.6. The van der Waals surface area contributed by atoms with Crippen molar-refractivity contribution in [2.24, 2.45) is 17.8 Å². The summed E-state index contributed by atoms with van der Waals surface area (Å²) in [5, 5.41) is 4.49. The lowest BCUT2D eigenvalue weighted by Gasteiger charge is -2.56. The Hall–Kier alpha value is -1.62. The third-order valence-electron chi connectivity index (χ3n) is 8.12. The Bertz CT molecular complexity index is 943. The number of rotatable bonds is 2. The van der Waals surface area contributed by atoms with Crippen molar-refractivity contribution in [3.8, 4) is 0 Å². The van der Waals surface area contributed by atoms with Crippen LogP contribution in [0.4, 0.5) is 5.69 Å². The summed E-state index contributed by atoms with van der Waals surface area (Å²) in [4.78, 5) is 19.9. The molecule has 5 aliphatic rings. The van der Waals surface area contributed by atoms with Crippen LogP contribution in [0.5, 0.6) is 0 Å². The summed E-state index contributed by atoms with van der Waals surface area (Å²) < 4.78 is 0. The van der Waals surface area contributed by atoms with Crippen LogP contribution in [-0.2, 0) is 12.8 Å². The molecule has 0 unspecified atom stereocenters. The minimum absolute atomic E-state index is 0.0248. The van der Waals surface area contributed by atoms with Crippen molar-refractivity contribution in [3.63, 3.8) is 0 Å². The molecule has 2 heterocycles. The number of pyridine rings is 1. The molecule has 5 heteroatoms. The fourth-order valence-corrected chi connectivity index (χ4v) is 8.23. The van der Waals surface area contributed by atoms with E-state index in [0.29, 0.717) is 10.6 Å². The fourth-order valence-electron chi connectivity index (χ4n) is 7.24. The highest BCUT2D eigenvalue weighted by Gasteiger charge is 2.51. The predicted molar refractivity (Wildman–Crippen MR) is 118 cm³/mol. The highest BCUT2D eigenvalue weighted by molar-refractivity contribution is 7.21. The van der Waals surface area contributed by atoms with Crippen molar-refractivity contribution < 1.29 is 4.79 Å². The molecule has 1 amide bonds. The Labute approximate surface area is 176 Å². The molecule has 0 spiro atoms. The molecular formula is C24H31N3OS. The molecular weight excluding hydrogens is 378 g/mol. The molecule has 0 saturated heterocycles. The lowest BCUT2D eigenvalue weighted by molar-refractivity contribution is -0.0166. The van der Waals surface area contributed by atoms with Gasteiger partial charge in [-0.2, -0.15) is 0 Å². The topological polar surface area (TPSA) is 68.0 Å². The van der Waals surface area contributed by atoms with E-state index < -0.39 is 0 Å². The van der Waals surface area contributed by atoms with Crippen LogP contribution in [-0.4, -0.2) is 16.4 Å². The van der Waals surface area contributed by atoms with Crippen LogP contribution in [0.1, 0.15) is 85.1 Å². The van der Waals surface area contributed by atoms with Gasteiger partial charge in [-0.05, 0) is 93.6 Å². The van der Waals surface area contributed by atoms with E-state index in [-0.39, 0.29) is 11.4 Å². The molecule has 3 N–H and O–H groups in total. The first kappa shape index (κ1) is 18.2. The number of carbonyl (C=O) groups is 1. The molecule has 0 radical (unpaired) electrons. The van der Waals surface area contributed by atoms with Gasteiger partial charge in [-0.3, -0.25) is 4.79 Å². The number of hydrogen-bond acceptors (Lipinski definition) is 4. The summed E-state index contributed by atoms with van der Waals surface area (Å²) in [6.45, 7) is 0. The minimum Gasteiger partial charge on any atom is -0.397 e. The third kappa shape index (κ3) is 3.08. The van der Waals surface area contributed by atoms with E-state index >= 15 is 0 Å². The van der Waals surface area contributed by atoms with Crippen LogP contribution in [0, 0.1) is 17.8 Å². The maximum Gasteiger partial charge on any atom is 0.264 e. The second-order valence-corrected chi connectivity index (χ2v) is 11.4. The summed E-state index contributed by atoms with van der Waals surface area (Å²) in [6, 6.07) is 2.23. The van der Waals surface area contributed by atoms with Gasteiger partial charge in [0, 0.05) is 16.6 Å². The van der Waals surface area contributed by atoms with Crippen molar-refractivity contribution in [2.45, 2.75) is 82.6 Å². The number of fused-ring (bicyclic) bond motifs is 2. The number of nitrogens with one attached hydrogen (secondary N) is 1. The molecule has 4 bridgehead atoms. The zero-order valence-corrected chi connectivity index (χ0v) is 18.0. The molecule has 4 nitrogen and oxygen atoms in total. The molecule has 4 fully saturated rings. The standard InChI is InChI=1S/C24H31N3OS/c25-20-18-10-17-5-3-1-2-4-6-19(17)26-23(18)29-21(20)22(28)27-24-11-14-7-15(12-24)9-16(8-14)13-24/h10,14-16H,1-9,11-13,25H2,(H,27,28). The predicted octanol–water partition coefficient (Wildman–Crippen LogP) is 5.24. The van der Waals surface area contributed by atoms with E-state index in [0.717, 1.165) is 40.8 Å². The van der Waals surface area contributed by atoms with Crippen molar-refractivity contribution in [1.29, 1.82) is 0 Å². The molecule has 7 rings (SSSR count). The number of nitrogens with zero attached hydrogens (tertiary/aromatic N) is 1. The first-order valence-electron chi connectivity index (χ1n) is 11.6. The SMILES string of the molecule is Nc1c(C(=O)NC23CC4CC(CC(C4)C2)C3)sc2nc3c(cc12)CCCCCC3. The van der Waals surface area contributed by atoms with Crippen molar-refractivity contribution in [2.75, 3.05) is 5.73 Å². The van der Waals surface area contributed by atoms with Gasteiger partial charge in [-0.1, -0.05) is 12.8 Å². The van der Waals surface area contributed by atoms with Crippen LogP contribution in [0.15, 0.2) is 6.07 Å². The van der Waals surface area contributed by atoms with Gasteiger partial charge < -0.3 is 11.1 Å². The summed E-state index contributed by atoms with van der Waals surface area (Å²) >= 11 is 1.50. The van der Waals surface area contributed by atoms with Crippen LogP contribution in [0.2, 0.25) is 0 Å². The van der Waals surface area contributed by atoms with Crippen LogP contribution in [0.3, 0.4) is 0 Å². The minimum atomic E-state index is 0.0248. The molecule has 29 heavy (non-hydrogen) atoms. The van der Waals surface area contributed by atoms with Gasteiger partial charge in [0.15, 0.2) is 0 Å². The Kier molecular flexibility index (Phi) is 4.20. The highest BCUT2D eigenvalue weighted by Crippen LogP contribution is 2.55. The van der Waals surface area contributed by atoms with Gasteiger partial charge in [0.05, 0.1) is 5.69 Å². The molecule has 154 valence electrons. The van der Waals surface area contributed by atoms with E-state index in [9.17, 15) is 4.79 Å². The number of thiophene rings is 1. The first-order valence-corrected chi connectivity index (χ1v) is 12.4. The molecule has 4 saturated carbocycles. The Morgan fingerprint density at radius 1 is 1.03 bits per heavy atom. The van der Waals surface area contributed by atoms with Crippen molar-refractivity contribution in [1.82, 2.24) is 10.3 Å². The summed E-state index contributed by atoms with van der Waals surface area (Å²) in [5.74, 6) is 2.51. The number of amides is 1. The largest absolute Gasteiger partial charge is 0.397 e. The maximum absolute atomic E-state index is 13.3. The molecule has 0 aliphatic heterocycles. The molecule has 0 atom stereocenters. The lowest BCUT2D eigenvalue weighted by Crippen LogP contribution is -2.59. The Balaban J connectivity index is 1.31. The van der Waals surface area contributed by atoms with Gasteiger partial charge in [-0.15, -0.1) is 11.3 Å². The van der Waals surface area contributed by atoms with Crippen molar-refractivity contribution >= 4 is 33.1 Å². The van der Waals surface area contributed by atoms with E-state index in [1.54, 1.807) is 0 Å². The number of nitrogen functional groups attached to an aromatic ring is 1. The first-order chi connectivity index (χ1) is 14.1. The van der Waals surface area contributed by atoms with Crippen LogP contribution >= 0.6 is 11.3 Å². The number of carbonyl (C=O) groups excluding carboxylic acids is 1. The molecule has 5 aliphatic carbocycles. The maximum atomic E-state index is 13.3.